The number of ether oxygens (including phenoxy) is 2. The van der Waals surface area contributed by atoms with Gasteiger partial charge in [0.25, 0.3) is 5.91 Å². The monoisotopic (exact) mass is 500 g/mol. The number of rotatable bonds is 6. The lowest BCUT2D eigenvalue weighted by Crippen LogP contribution is -2.36. The standard InChI is InChI=1S/C26H27F3N4O3/c1-16(2)36-25-23(33-6-8-35-9-7-33)11-18(14-31-25)22-12-21(5-4-17(22)3)32-24(34)19-10-20(15-30-13-19)26(27,28)29/h4-5,10-16H,6-9H2,1-3H3,(H,32,34). The van der Waals surface area contributed by atoms with Crippen molar-refractivity contribution in [2.75, 3.05) is 36.5 Å². The molecule has 1 fully saturated rings. The highest BCUT2D eigenvalue weighted by atomic mass is 19.4. The van der Waals surface area contributed by atoms with Crippen LogP contribution in [0.1, 0.15) is 35.3 Å². The van der Waals surface area contributed by atoms with E-state index < -0.39 is 17.6 Å². The molecule has 190 valence electrons. The zero-order valence-electron chi connectivity index (χ0n) is 20.2. The van der Waals surface area contributed by atoms with E-state index in [1.807, 2.05) is 32.9 Å². The van der Waals surface area contributed by atoms with Gasteiger partial charge in [-0.25, -0.2) is 4.98 Å². The second-order valence-electron chi connectivity index (χ2n) is 8.76. The van der Waals surface area contributed by atoms with Gasteiger partial charge >= 0.3 is 6.18 Å². The van der Waals surface area contributed by atoms with Crippen LogP contribution in [0, 0.1) is 6.92 Å². The van der Waals surface area contributed by atoms with E-state index in [2.05, 4.69) is 20.2 Å². The number of aromatic nitrogens is 2. The van der Waals surface area contributed by atoms with Crippen molar-refractivity contribution in [3.8, 4) is 17.0 Å². The first-order valence-electron chi connectivity index (χ1n) is 11.6. The van der Waals surface area contributed by atoms with Crippen LogP contribution in [0.3, 0.4) is 0 Å². The summed E-state index contributed by atoms with van der Waals surface area (Å²) in [5, 5.41) is 2.67. The van der Waals surface area contributed by atoms with Gasteiger partial charge < -0.3 is 19.7 Å². The number of aryl methyl sites for hydroxylation is 1. The summed E-state index contributed by atoms with van der Waals surface area (Å²) in [6.07, 6.45) is -1.13. The smallest absolute Gasteiger partial charge is 0.417 e. The third-order valence-electron chi connectivity index (χ3n) is 5.67. The molecule has 0 spiro atoms. The fourth-order valence-corrected chi connectivity index (χ4v) is 3.87. The predicted molar refractivity (Wildman–Crippen MR) is 130 cm³/mol. The van der Waals surface area contributed by atoms with Crippen molar-refractivity contribution in [1.82, 2.24) is 9.97 Å². The number of carbonyl (C=O) groups excluding carboxylic acids is 1. The van der Waals surface area contributed by atoms with Crippen molar-refractivity contribution in [2.45, 2.75) is 33.1 Å². The predicted octanol–water partition coefficient (Wildman–Crippen LogP) is 5.35. The molecule has 1 N–H and O–H groups in total. The minimum Gasteiger partial charge on any atom is -0.473 e. The zero-order valence-corrected chi connectivity index (χ0v) is 20.2. The molecule has 7 nitrogen and oxygen atoms in total. The van der Waals surface area contributed by atoms with E-state index in [0.29, 0.717) is 44.1 Å². The van der Waals surface area contributed by atoms with Crippen molar-refractivity contribution >= 4 is 17.3 Å². The Morgan fingerprint density at radius 1 is 1.11 bits per heavy atom. The molecule has 0 atom stereocenters. The van der Waals surface area contributed by atoms with Gasteiger partial charge in [-0.3, -0.25) is 9.78 Å². The molecule has 4 rings (SSSR count). The van der Waals surface area contributed by atoms with Gasteiger partial charge in [-0.15, -0.1) is 0 Å². The average Bonchev–Trinajstić information content (AvgIpc) is 2.85. The van der Waals surface area contributed by atoms with Gasteiger partial charge in [0.05, 0.1) is 30.4 Å². The molecule has 1 aromatic carbocycles. The number of nitrogens with zero attached hydrogens (tertiary/aromatic N) is 3. The van der Waals surface area contributed by atoms with Crippen LogP contribution < -0.4 is 15.0 Å². The Kier molecular flexibility index (Phi) is 7.44. The van der Waals surface area contributed by atoms with Crippen LogP contribution in [-0.2, 0) is 10.9 Å². The summed E-state index contributed by atoms with van der Waals surface area (Å²) in [5.41, 5.74) is 2.72. The van der Waals surface area contributed by atoms with E-state index in [-0.39, 0.29) is 11.7 Å². The van der Waals surface area contributed by atoms with Gasteiger partial charge in [0.15, 0.2) is 0 Å². The Balaban J connectivity index is 1.64. The summed E-state index contributed by atoms with van der Waals surface area (Å²) in [7, 11) is 0. The van der Waals surface area contributed by atoms with Crippen molar-refractivity contribution < 1.29 is 27.4 Å². The Morgan fingerprint density at radius 3 is 2.56 bits per heavy atom. The van der Waals surface area contributed by atoms with Crippen LogP contribution in [0.15, 0.2) is 48.9 Å². The molecular weight excluding hydrogens is 473 g/mol. The molecule has 0 saturated carbocycles. The van der Waals surface area contributed by atoms with E-state index in [1.54, 1.807) is 18.3 Å². The van der Waals surface area contributed by atoms with E-state index in [0.717, 1.165) is 34.6 Å². The molecular formula is C26H27F3N4O3. The maximum atomic E-state index is 13.0. The molecule has 1 amide bonds. The fraction of sp³-hybridized carbons (Fsp3) is 0.346. The van der Waals surface area contributed by atoms with Crippen molar-refractivity contribution in [2.24, 2.45) is 0 Å². The first kappa shape index (κ1) is 25.4. The quantitative estimate of drug-likeness (QED) is 0.492. The molecule has 3 heterocycles. The Bertz CT molecular complexity index is 1240. The number of morpholine rings is 1. The molecule has 10 heteroatoms. The highest BCUT2D eigenvalue weighted by molar-refractivity contribution is 6.04. The summed E-state index contributed by atoms with van der Waals surface area (Å²) in [6.45, 7) is 8.44. The number of hydrogen-bond donors (Lipinski definition) is 1. The van der Waals surface area contributed by atoms with Gasteiger partial charge in [-0.05, 0) is 56.2 Å². The van der Waals surface area contributed by atoms with E-state index in [9.17, 15) is 18.0 Å². The SMILES string of the molecule is Cc1ccc(NC(=O)c2cncc(C(F)(F)F)c2)cc1-c1cnc(OC(C)C)c(N2CCOCC2)c1. The number of nitrogens with one attached hydrogen (secondary N) is 1. The fourth-order valence-electron chi connectivity index (χ4n) is 3.87. The van der Waals surface area contributed by atoms with Gasteiger partial charge in [-0.2, -0.15) is 13.2 Å². The normalized spacial score (nSPS) is 14.1. The zero-order chi connectivity index (χ0) is 25.9. The first-order valence-corrected chi connectivity index (χ1v) is 11.6. The second kappa shape index (κ2) is 10.5. The maximum Gasteiger partial charge on any atom is 0.417 e. The number of anilines is 2. The number of pyridine rings is 2. The lowest BCUT2D eigenvalue weighted by molar-refractivity contribution is -0.137. The summed E-state index contributed by atoms with van der Waals surface area (Å²) >= 11 is 0. The minimum atomic E-state index is -4.59. The van der Waals surface area contributed by atoms with Crippen LogP contribution in [-0.4, -0.2) is 48.3 Å². The van der Waals surface area contributed by atoms with Crippen LogP contribution in [0.2, 0.25) is 0 Å². The van der Waals surface area contributed by atoms with Gasteiger partial charge in [0, 0.05) is 42.9 Å². The summed E-state index contributed by atoms with van der Waals surface area (Å²) < 4.78 is 50.5. The molecule has 0 aliphatic carbocycles. The Labute approximate surface area is 207 Å². The molecule has 1 saturated heterocycles. The summed E-state index contributed by atoms with van der Waals surface area (Å²) in [4.78, 5) is 23.0. The topological polar surface area (TPSA) is 76.6 Å². The lowest BCUT2D eigenvalue weighted by atomic mass is 10.0. The molecule has 2 aromatic heterocycles. The van der Waals surface area contributed by atoms with E-state index in [1.165, 1.54) is 0 Å². The Morgan fingerprint density at radius 2 is 1.86 bits per heavy atom. The largest absolute Gasteiger partial charge is 0.473 e. The molecule has 0 bridgehead atoms. The highest BCUT2D eigenvalue weighted by Gasteiger charge is 2.31. The van der Waals surface area contributed by atoms with Crippen LogP contribution in [0.25, 0.3) is 11.1 Å². The maximum absolute atomic E-state index is 13.0. The third kappa shape index (κ3) is 5.93. The van der Waals surface area contributed by atoms with E-state index in [4.69, 9.17) is 9.47 Å². The van der Waals surface area contributed by atoms with Gasteiger partial charge in [0.1, 0.15) is 5.69 Å². The number of carbonyl (C=O) groups is 1. The van der Waals surface area contributed by atoms with Crippen molar-refractivity contribution in [3.05, 3.63) is 65.6 Å². The number of halogens is 3. The van der Waals surface area contributed by atoms with Crippen LogP contribution in [0.4, 0.5) is 24.5 Å². The van der Waals surface area contributed by atoms with Crippen LogP contribution in [0.5, 0.6) is 5.88 Å². The number of hydrogen-bond acceptors (Lipinski definition) is 6. The molecule has 0 unspecified atom stereocenters. The summed E-state index contributed by atoms with van der Waals surface area (Å²) in [6, 6.07) is 8.09. The molecule has 0 radical (unpaired) electrons. The van der Waals surface area contributed by atoms with Crippen molar-refractivity contribution in [3.63, 3.8) is 0 Å². The van der Waals surface area contributed by atoms with Crippen LogP contribution >= 0.6 is 0 Å². The number of amides is 1. The number of benzene rings is 1. The third-order valence-corrected chi connectivity index (χ3v) is 5.67. The summed E-state index contributed by atoms with van der Waals surface area (Å²) in [5.74, 6) is -0.147. The second-order valence-corrected chi connectivity index (χ2v) is 8.76. The number of alkyl halides is 3. The molecule has 1 aliphatic rings. The molecule has 1 aliphatic heterocycles. The lowest BCUT2D eigenvalue weighted by Gasteiger charge is -2.30. The van der Waals surface area contributed by atoms with Gasteiger partial charge in [0.2, 0.25) is 5.88 Å². The highest BCUT2D eigenvalue weighted by Crippen LogP contribution is 2.35. The van der Waals surface area contributed by atoms with Crippen molar-refractivity contribution in [1.29, 1.82) is 0 Å². The van der Waals surface area contributed by atoms with Gasteiger partial charge in [-0.1, -0.05) is 6.07 Å². The first-order chi connectivity index (χ1) is 17.1. The molecule has 36 heavy (non-hydrogen) atoms. The average molecular weight is 501 g/mol. The minimum absolute atomic E-state index is 0.0474. The Hall–Kier alpha value is -3.66. The van der Waals surface area contributed by atoms with E-state index >= 15 is 0 Å². The molecule has 3 aromatic rings.